The Morgan fingerprint density at radius 1 is 1.40 bits per heavy atom. The zero-order valence-electron chi connectivity index (χ0n) is 8.94. The third-order valence-electron chi connectivity index (χ3n) is 3.37. The smallest absolute Gasteiger partial charge is 0.308 e. The van der Waals surface area contributed by atoms with Gasteiger partial charge in [-0.05, 0) is 19.3 Å². The van der Waals surface area contributed by atoms with Crippen molar-refractivity contribution in [1.82, 2.24) is 5.32 Å². The molecule has 0 bridgehead atoms. The van der Waals surface area contributed by atoms with Gasteiger partial charge in [-0.25, -0.2) is 0 Å². The largest absolute Gasteiger partial charge is 0.481 e. The fraction of sp³-hybridized carbons (Fsp3) is 0.900. The minimum absolute atomic E-state index is 0.123. The maximum absolute atomic E-state index is 10.8. The summed E-state index contributed by atoms with van der Waals surface area (Å²) in [5.74, 6) is -1.19. The van der Waals surface area contributed by atoms with Crippen molar-refractivity contribution < 1.29 is 20.1 Å². The number of carboxylic acid groups (broad SMARTS) is 1. The highest BCUT2D eigenvalue weighted by Gasteiger charge is 2.41. The maximum atomic E-state index is 10.8. The average molecular weight is 217 g/mol. The summed E-state index contributed by atoms with van der Waals surface area (Å²) in [6.07, 6.45) is 2.03. The van der Waals surface area contributed by atoms with Gasteiger partial charge in [0.1, 0.15) is 0 Å². The molecule has 0 saturated heterocycles. The minimum atomic E-state index is -0.806. The van der Waals surface area contributed by atoms with E-state index in [1.54, 1.807) is 0 Å². The van der Waals surface area contributed by atoms with Gasteiger partial charge < -0.3 is 20.6 Å². The summed E-state index contributed by atoms with van der Waals surface area (Å²) >= 11 is 0. The van der Waals surface area contributed by atoms with E-state index < -0.39 is 11.5 Å². The van der Waals surface area contributed by atoms with Crippen LogP contribution >= 0.6 is 0 Å². The highest BCUT2D eigenvalue weighted by Crippen LogP contribution is 2.29. The summed E-state index contributed by atoms with van der Waals surface area (Å²) in [5, 5.41) is 30.3. The van der Waals surface area contributed by atoms with Crippen LogP contribution in [-0.2, 0) is 4.79 Å². The summed E-state index contributed by atoms with van der Waals surface area (Å²) in [6.45, 7) is 1.50. The summed E-state index contributed by atoms with van der Waals surface area (Å²) < 4.78 is 0. The van der Waals surface area contributed by atoms with Gasteiger partial charge in [0, 0.05) is 6.04 Å². The zero-order chi connectivity index (χ0) is 11.5. The second-order valence-electron chi connectivity index (χ2n) is 4.22. The van der Waals surface area contributed by atoms with Gasteiger partial charge in [0.05, 0.1) is 24.7 Å². The molecule has 0 aromatic rings. The molecule has 2 unspecified atom stereocenters. The van der Waals surface area contributed by atoms with Gasteiger partial charge in [-0.3, -0.25) is 4.79 Å². The first-order chi connectivity index (χ1) is 7.08. The number of carbonyl (C=O) groups is 1. The van der Waals surface area contributed by atoms with E-state index in [1.165, 1.54) is 0 Å². The van der Waals surface area contributed by atoms with Gasteiger partial charge >= 0.3 is 5.97 Å². The fourth-order valence-electron chi connectivity index (χ4n) is 1.83. The van der Waals surface area contributed by atoms with Crippen molar-refractivity contribution in [2.45, 2.75) is 37.8 Å². The van der Waals surface area contributed by atoms with Gasteiger partial charge in [-0.1, -0.05) is 6.92 Å². The number of aliphatic hydroxyl groups excluding tert-OH is 2. The molecule has 0 heterocycles. The Hall–Kier alpha value is -0.650. The summed E-state index contributed by atoms with van der Waals surface area (Å²) in [5.41, 5.74) is -0.737. The average Bonchev–Trinajstić information content (AvgIpc) is 2.18. The molecule has 4 N–H and O–H groups in total. The van der Waals surface area contributed by atoms with Crippen molar-refractivity contribution >= 4 is 5.97 Å². The Bertz CT molecular complexity index is 219. The lowest BCUT2D eigenvalue weighted by Gasteiger charge is -2.42. The second-order valence-corrected chi connectivity index (χ2v) is 4.22. The number of aliphatic carboxylic acids is 1. The normalized spacial score (nSPS) is 26.1. The van der Waals surface area contributed by atoms with Crippen LogP contribution in [0.2, 0.25) is 0 Å². The molecule has 88 valence electrons. The summed E-state index contributed by atoms with van der Waals surface area (Å²) in [6, 6.07) is -0.123. The molecule has 1 rings (SSSR count). The molecule has 0 aromatic carbocycles. The van der Waals surface area contributed by atoms with E-state index in [9.17, 15) is 15.0 Å². The van der Waals surface area contributed by atoms with E-state index in [2.05, 4.69) is 5.32 Å². The highest BCUT2D eigenvalue weighted by atomic mass is 16.4. The van der Waals surface area contributed by atoms with Crippen LogP contribution in [-0.4, -0.2) is 46.1 Å². The Morgan fingerprint density at radius 3 is 2.27 bits per heavy atom. The van der Waals surface area contributed by atoms with Crippen LogP contribution in [0.1, 0.15) is 26.2 Å². The Labute approximate surface area is 89.1 Å². The molecule has 15 heavy (non-hydrogen) atoms. The molecule has 1 aliphatic carbocycles. The maximum Gasteiger partial charge on any atom is 0.308 e. The molecule has 0 spiro atoms. The molecule has 0 radical (unpaired) electrons. The number of nitrogens with one attached hydrogen (secondary N) is 1. The van der Waals surface area contributed by atoms with Crippen molar-refractivity contribution in [2.75, 3.05) is 13.2 Å². The molecule has 5 heteroatoms. The van der Waals surface area contributed by atoms with Crippen LogP contribution in [0.4, 0.5) is 0 Å². The van der Waals surface area contributed by atoms with Crippen LogP contribution in [0.3, 0.4) is 0 Å². The first-order valence-corrected chi connectivity index (χ1v) is 5.31. The van der Waals surface area contributed by atoms with Crippen molar-refractivity contribution in [3.63, 3.8) is 0 Å². The highest BCUT2D eigenvalue weighted by molar-refractivity contribution is 5.72. The molecule has 0 aromatic heterocycles. The van der Waals surface area contributed by atoms with Crippen LogP contribution in [0.25, 0.3) is 0 Å². The zero-order valence-corrected chi connectivity index (χ0v) is 8.94. The standard InChI is InChI=1S/C10H19NO4/c1-2-10(5-12,6-13)11-8-4-3-7(8)9(14)15/h7-8,11-13H,2-6H2,1H3,(H,14,15). The number of hydrogen-bond donors (Lipinski definition) is 4. The lowest BCUT2D eigenvalue weighted by atomic mass is 9.78. The number of rotatable bonds is 6. The van der Waals surface area contributed by atoms with E-state index >= 15 is 0 Å². The second kappa shape index (κ2) is 4.92. The van der Waals surface area contributed by atoms with E-state index in [-0.39, 0.29) is 25.2 Å². The van der Waals surface area contributed by atoms with Crippen molar-refractivity contribution in [3.8, 4) is 0 Å². The van der Waals surface area contributed by atoms with Crippen LogP contribution in [0.15, 0.2) is 0 Å². The molecule has 2 atom stereocenters. The number of carboxylic acids is 1. The van der Waals surface area contributed by atoms with Crippen molar-refractivity contribution in [3.05, 3.63) is 0 Å². The van der Waals surface area contributed by atoms with E-state index in [1.807, 2.05) is 6.92 Å². The molecular formula is C10H19NO4. The van der Waals surface area contributed by atoms with Gasteiger partial charge in [0.25, 0.3) is 0 Å². The Kier molecular flexibility index (Phi) is 4.07. The monoisotopic (exact) mass is 217 g/mol. The van der Waals surface area contributed by atoms with Crippen molar-refractivity contribution in [2.24, 2.45) is 5.92 Å². The molecular weight excluding hydrogens is 198 g/mol. The van der Waals surface area contributed by atoms with E-state index in [0.717, 1.165) is 6.42 Å². The third kappa shape index (κ3) is 2.48. The molecule has 0 amide bonds. The fourth-order valence-corrected chi connectivity index (χ4v) is 1.83. The molecule has 5 nitrogen and oxygen atoms in total. The predicted molar refractivity (Wildman–Crippen MR) is 54.5 cm³/mol. The van der Waals surface area contributed by atoms with Crippen LogP contribution in [0, 0.1) is 5.92 Å². The van der Waals surface area contributed by atoms with E-state index in [4.69, 9.17) is 5.11 Å². The van der Waals surface area contributed by atoms with Gasteiger partial charge in [0.15, 0.2) is 0 Å². The first-order valence-electron chi connectivity index (χ1n) is 5.31. The van der Waals surface area contributed by atoms with Gasteiger partial charge in [-0.15, -0.1) is 0 Å². The number of hydrogen-bond acceptors (Lipinski definition) is 4. The Balaban J connectivity index is 2.55. The molecule has 0 aliphatic heterocycles. The molecule has 1 saturated carbocycles. The van der Waals surface area contributed by atoms with Crippen LogP contribution in [0.5, 0.6) is 0 Å². The topological polar surface area (TPSA) is 89.8 Å². The first kappa shape index (κ1) is 12.4. The molecule has 1 aliphatic rings. The van der Waals surface area contributed by atoms with Gasteiger partial charge in [0.2, 0.25) is 0 Å². The van der Waals surface area contributed by atoms with Crippen molar-refractivity contribution in [1.29, 1.82) is 0 Å². The molecule has 1 fully saturated rings. The lowest BCUT2D eigenvalue weighted by molar-refractivity contribution is -0.146. The van der Waals surface area contributed by atoms with Crippen LogP contribution < -0.4 is 5.32 Å². The quantitative estimate of drug-likeness (QED) is 0.485. The number of aliphatic hydroxyl groups is 2. The summed E-state index contributed by atoms with van der Waals surface area (Å²) in [4.78, 5) is 10.8. The SMILES string of the molecule is CCC(CO)(CO)NC1CCC1C(=O)O. The van der Waals surface area contributed by atoms with Gasteiger partial charge in [-0.2, -0.15) is 0 Å². The summed E-state index contributed by atoms with van der Waals surface area (Å²) in [7, 11) is 0. The third-order valence-corrected chi connectivity index (χ3v) is 3.37. The Morgan fingerprint density at radius 2 is 2.00 bits per heavy atom. The predicted octanol–water partition coefficient (Wildman–Crippen LogP) is -0.427. The lowest BCUT2D eigenvalue weighted by Crippen LogP contribution is -2.61. The van der Waals surface area contributed by atoms with E-state index in [0.29, 0.717) is 12.8 Å². The minimum Gasteiger partial charge on any atom is -0.481 e.